The molecule has 1 aromatic carbocycles. The predicted octanol–water partition coefficient (Wildman–Crippen LogP) is 1.27. The molecule has 0 aromatic heterocycles. The van der Waals surface area contributed by atoms with Crippen LogP contribution >= 0.6 is 0 Å². The van der Waals surface area contributed by atoms with Gasteiger partial charge in [-0.05, 0) is 24.1 Å². The van der Waals surface area contributed by atoms with Gasteiger partial charge in [0.05, 0.1) is 0 Å². The lowest BCUT2D eigenvalue weighted by Gasteiger charge is -2.14. The van der Waals surface area contributed by atoms with Crippen LogP contribution in [0.1, 0.15) is 23.6 Å². The topological polar surface area (TPSA) is 64.7 Å². The van der Waals surface area contributed by atoms with Gasteiger partial charge in [-0.15, -0.1) is 0 Å². The third kappa shape index (κ3) is 1.96. The van der Waals surface area contributed by atoms with Crippen molar-refractivity contribution in [3.8, 4) is 11.5 Å². The van der Waals surface area contributed by atoms with Gasteiger partial charge < -0.3 is 20.3 Å². The highest BCUT2D eigenvalue weighted by Crippen LogP contribution is 2.40. The molecule has 0 spiro atoms. The van der Waals surface area contributed by atoms with E-state index in [4.69, 9.17) is 20.3 Å². The van der Waals surface area contributed by atoms with Crippen LogP contribution in [0.15, 0.2) is 12.1 Å². The van der Waals surface area contributed by atoms with Gasteiger partial charge in [-0.3, -0.25) is 0 Å². The molecule has 1 heterocycles. The lowest BCUT2D eigenvalue weighted by molar-refractivity contribution is 0.172. The first kappa shape index (κ1) is 11.2. The molecule has 4 nitrogen and oxygen atoms in total. The van der Waals surface area contributed by atoms with Crippen molar-refractivity contribution in [1.82, 2.24) is 0 Å². The summed E-state index contributed by atoms with van der Waals surface area (Å²) in [5.41, 5.74) is 7.08. The van der Waals surface area contributed by atoms with Crippen molar-refractivity contribution in [2.75, 3.05) is 13.4 Å². The monoisotopic (exact) mass is 227 g/mol. The quantitative estimate of drug-likeness (QED) is 0.813. The number of aliphatic hydroxyl groups is 1. The Morgan fingerprint density at radius 3 is 2.94 bits per heavy atom. The van der Waals surface area contributed by atoms with Gasteiger partial charge in [0.15, 0.2) is 11.5 Å². The number of fused-ring (bicyclic) bond motifs is 1. The second kappa shape index (κ2) is 4.67. The minimum atomic E-state index is -0.574. The molecule has 1 aliphatic heterocycles. The van der Waals surface area contributed by atoms with Crippen LogP contribution in [0, 0.1) is 0 Å². The molecule has 1 aromatic rings. The number of halogens is 1. The average molecular weight is 227 g/mol. The number of hydrogen-bond donors (Lipinski definition) is 2. The molecule has 0 radical (unpaired) electrons. The van der Waals surface area contributed by atoms with Crippen LogP contribution in [0.4, 0.5) is 4.39 Å². The van der Waals surface area contributed by atoms with Gasteiger partial charge in [0, 0.05) is 18.2 Å². The summed E-state index contributed by atoms with van der Waals surface area (Å²) in [5, 5.41) is 8.85. The smallest absolute Gasteiger partial charge is 0.231 e. The standard InChI is InChI=1S/C11H14FNO3/c12-5-7-3-8(9(13)1-2-14)11-10(4-7)15-6-16-11/h3-4,9,14H,1-2,5-6,13H2. The second-order valence-electron chi connectivity index (χ2n) is 3.67. The summed E-state index contributed by atoms with van der Waals surface area (Å²) in [6.07, 6.45) is 0.408. The van der Waals surface area contributed by atoms with E-state index in [0.29, 0.717) is 29.0 Å². The second-order valence-corrected chi connectivity index (χ2v) is 3.67. The van der Waals surface area contributed by atoms with Crippen molar-refractivity contribution in [2.45, 2.75) is 19.1 Å². The van der Waals surface area contributed by atoms with Crippen LogP contribution < -0.4 is 15.2 Å². The summed E-state index contributed by atoms with van der Waals surface area (Å²) in [6, 6.07) is 2.90. The Hall–Kier alpha value is -1.33. The van der Waals surface area contributed by atoms with Gasteiger partial charge in [-0.1, -0.05) is 0 Å². The molecule has 1 unspecified atom stereocenters. The van der Waals surface area contributed by atoms with Crippen molar-refractivity contribution < 1.29 is 19.0 Å². The van der Waals surface area contributed by atoms with Gasteiger partial charge in [-0.25, -0.2) is 4.39 Å². The first-order chi connectivity index (χ1) is 7.76. The van der Waals surface area contributed by atoms with Crippen LogP contribution in [-0.2, 0) is 6.67 Å². The van der Waals surface area contributed by atoms with Crippen molar-refractivity contribution in [3.63, 3.8) is 0 Å². The van der Waals surface area contributed by atoms with E-state index in [9.17, 15) is 4.39 Å². The zero-order valence-corrected chi connectivity index (χ0v) is 8.78. The third-order valence-electron chi connectivity index (χ3n) is 2.55. The molecule has 0 aliphatic carbocycles. The SMILES string of the molecule is NC(CCO)c1cc(CF)cc2c1OCO2. The summed E-state index contributed by atoms with van der Waals surface area (Å²) in [4.78, 5) is 0. The average Bonchev–Trinajstić information content (AvgIpc) is 2.75. The minimum absolute atomic E-state index is 0.0172. The van der Waals surface area contributed by atoms with Gasteiger partial charge in [-0.2, -0.15) is 0 Å². The lowest BCUT2D eigenvalue weighted by atomic mass is 10.0. The Kier molecular flexibility index (Phi) is 3.26. The van der Waals surface area contributed by atoms with E-state index in [1.807, 2.05) is 0 Å². The van der Waals surface area contributed by atoms with Gasteiger partial charge >= 0.3 is 0 Å². The summed E-state index contributed by atoms with van der Waals surface area (Å²) >= 11 is 0. The molecule has 16 heavy (non-hydrogen) atoms. The summed E-state index contributed by atoms with van der Waals surface area (Å²) in [6.45, 7) is -0.462. The van der Waals surface area contributed by atoms with Crippen molar-refractivity contribution in [3.05, 3.63) is 23.3 Å². The number of nitrogens with two attached hydrogens (primary N) is 1. The number of hydrogen-bond acceptors (Lipinski definition) is 4. The predicted molar refractivity (Wildman–Crippen MR) is 56.0 cm³/mol. The van der Waals surface area contributed by atoms with Crippen LogP contribution in [0.2, 0.25) is 0 Å². The zero-order valence-electron chi connectivity index (χ0n) is 8.78. The minimum Gasteiger partial charge on any atom is -0.454 e. The number of alkyl halides is 1. The molecule has 0 saturated heterocycles. The number of ether oxygens (including phenoxy) is 2. The van der Waals surface area contributed by atoms with E-state index in [1.54, 1.807) is 12.1 Å². The first-order valence-electron chi connectivity index (χ1n) is 5.11. The molecule has 88 valence electrons. The molecule has 5 heteroatoms. The van der Waals surface area contributed by atoms with Gasteiger partial charge in [0.1, 0.15) is 6.67 Å². The highest BCUT2D eigenvalue weighted by atomic mass is 19.1. The summed E-state index contributed by atoms with van der Waals surface area (Å²) in [5.74, 6) is 1.09. The number of benzene rings is 1. The fourth-order valence-corrected chi connectivity index (χ4v) is 1.74. The molecule has 3 N–H and O–H groups in total. The van der Waals surface area contributed by atoms with Crippen LogP contribution in [0.3, 0.4) is 0 Å². The van der Waals surface area contributed by atoms with Crippen LogP contribution in [0.25, 0.3) is 0 Å². The third-order valence-corrected chi connectivity index (χ3v) is 2.55. The largest absolute Gasteiger partial charge is 0.454 e. The molecule has 0 saturated carbocycles. The molecular weight excluding hydrogens is 213 g/mol. The Balaban J connectivity index is 2.38. The Labute approximate surface area is 92.8 Å². The van der Waals surface area contributed by atoms with Crippen molar-refractivity contribution >= 4 is 0 Å². The van der Waals surface area contributed by atoms with E-state index < -0.39 is 6.67 Å². The van der Waals surface area contributed by atoms with Crippen molar-refractivity contribution in [1.29, 1.82) is 0 Å². The molecule has 0 bridgehead atoms. The molecule has 2 rings (SSSR count). The molecule has 1 aliphatic rings. The van der Waals surface area contributed by atoms with Crippen LogP contribution in [-0.4, -0.2) is 18.5 Å². The van der Waals surface area contributed by atoms with Gasteiger partial charge in [0.25, 0.3) is 0 Å². The molecule has 0 fully saturated rings. The zero-order chi connectivity index (χ0) is 11.5. The summed E-state index contributed by atoms with van der Waals surface area (Å²) < 4.78 is 23.1. The maximum absolute atomic E-state index is 12.6. The van der Waals surface area contributed by atoms with E-state index in [-0.39, 0.29) is 19.4 Å². The summed E-state index contributed by atoms with van der Waals surface area (Å²) in [7, 11) is 0. The van der Waals surface area contributed by atoms with Crippen molar-refractivity contribution in [2.24, 2.45) is 5.73 Å². The number of rotatable bonds is 4. The molecular formula is C11H14FNO3. The Morgan fingerprint density at radius 2 is 2.25 bits per heavy atom. The number of aliphatic hydroxyl groups excluding tert-OH is 1. The highest BCUT2D eigenvalue weighted by Gasteiger charge is 2.22. The van der Waals surface area contributed by atoms with E-state index in [2.05, 4.69) is 0 Å². The maximum atomic E-state index is 12.6. The normalized spacial score (nSPS) is 15.2. The lowest BCUT2D eigenvalue weighted by Crippen LogP contribution is -2.13. The van der Waals surface area contributed by atoms with Crippen LogP contribution in [0.5, 0.6) is 11.5 Å². The fraction of sp³-hybridized carbons (Fsp3) is 0.455. The van der Waals surface area contributed by atoms with E-state index in [1.165, 1.54) is 0 Å². The van der Waals surface area contributed by atoms with E-state index in [0.717, 1.165) is 0 Å². The Morgan fingerprint density at radius 1 is 1.44 bits per heavy atom. The molecule has 1 atom stereocenters. The first-order valence-corrected chi connectivity index (χ1v) is 5.11. The Bertz CT molecular complexity index is 384. The van der Waals surface area contributed by atoms with Gasteiger partial charge in [0.2, 0.25) is 6.79 Å². The highest BCUT2D eigenvalue weighted by molar-refractivity contribution is 5.52. The van der Waals surface area contributed by atoms with E-state index >= 15 is 0 Å². The maximum Gasteiger partial charge on any atom is 0.231 e. The molecule has 0 amide bonds. The fourth-order valence-electron chi connectivity index (χ4n) is 1.74.